The predicted molar refractivity (Wildman–Crippen MR) is 52.8 cm³/mol. The summed E-state index contributed by atoms with van der Waals surface area (Å²) in [5, 5.41) is 15.6. The van der Waals surface area contributed by atoms with Crippen molar-refractivity contribution in [1.82, 2.24) is 10.6 Å². The van der Waals surface area contributed by atoms with E-state index in [9.17, 15) is 9.90 Å². The Kier molecular flexibility index (Phi) is 3.03. The second kappa shape index (κ2) is 4.28. The first-order chi connectivity index (χ1) is 6.77. The molecular formula is C10H18N2O2. The van der Waals surface area contributed by atoms with Crippen LogP contribution in [0.4, 0.5) is 0 Å². The molecule has 4 nitrogen and oxygen atoms in total. The van der Waals surface area contributed by atoms with E-state index in [2.05, 4.69) is 10.6 Å². The van der Waals surface area contributed by atoms with Gasteiger partial charge >= 0.3 is 0 Å². The van der Waals surface area contributed by atoms with Gasteiger partial charge < -0.3 is 15.7 Å². The Morgan fingerprint density at radius 3 is 2.71 bits per heavy atom. The van der Waals surface area contributed by atoms with Crippen molar-refractivity contribution < 1.29 is 9.90 Å². The molecule has 2 rings (SSSR count). The summed E-state index contributed by atoms with van der Waals surface area (Å²) in [5.74, 6) is 0.0634. The van der Waals surface area contributed by atoms with Crippen molar-refractivity contribution in [3.63, 3.8) is 0 Å². The van der Waals surface area contributed by atoms with Gasteiger partial charge in [-0.05, 0) is 38.6 Å². The predicted octanol–water partition coefficient (Wildman–Crippen LogP) is -0.232. The summed E-state index contributed by atoms with van der Waals surface area (Å²) < 4.78 is 0. The molecule has 0 bridgehead atoms. The molecule has 0 aromatic rings. The van der Waals surface area contributed by atoms with Crippen LogP contribution in [0, 0.1) is 0 Å². The topological polar surface area (TPSA) is 61.4 Å². The fraction of sp³-hybridized carbons (Fsp3) is 0.900. The molecule has 2 fully saturated rings. The smallest absolute Gasteiger partial charge is 0.237 e. The molecule has 0 radical (unpaired) electrons. The van der Waals surface area contributed by atoms with Gasteiger partial charge in [-0.25, -0.2) is 0 Å². The molecule has 3 atom stereocenters. The van der Waals surface area contributed by atoms with Crippen molar-refractivity contribution in [3.8, 4) is 0 Å². The molecule has 4 heteroatoms. The van der Waals surface area contributed by atoms with Gasteiger partial charge in [0.1, 0.15) is 0 Å². The summed E-state index contributed by atoms with van der Waals surface area (Å²) in [6, 6.07) is -0.0345. The lowest BCUT2D eigenvalue weighted by Gasteiger charge is -2.19. The third-order valence-corrected chi connectivity index (χ3v) is 3.18. The lowest BCUT2D eigenvalue weighted by atomic mass is 10.1. The lowest BCUT2D eigenvalue weighted by Crippen LogP contribution is -2.47. The first kappa shape index (κ1) is 9.93. The number of hydrogen-bond acceptors (Lipinski definition) is 3. The molecule has 14 heavy (non-hydrogen) atoms. The van der Waals surface area contributed by atoms with Gasteiger partial charge in [0.2, 0.25) is 5.91 Å². The van der Waals surface area contributed by atoms with E-state index in [1.807, 2.05) is 0 Å². The zero-order chi connectivity index (χ0) is 9.97. The Bertz CT molecular complexity index is 214. The Morgan fingerprint density at radius 2 is 2.14 bits per heavy atom. The normalized spacial score (nSPS) is 37.4. The van der Waals surface area contributed by atoms with Gasteiger partial charge in [-0.15, -0.1) is 0 Å². The standard InChI is InChI=1S/C10H18N2O2/c13-9-5-1-3-7(9)12-10(14)8-4-2-6-11-8/h7-9,11,13H,1-6H2,(H,12,14). The van der Waals surface area contributed by atoms with Gasteiger partial charge in [-0.1, -0.05) is 0 Å². The van der Waals surface area contributed by atoms with Crippen molar-refractivity contribution in [3.05, 3.63) is 0 Å². The highest BCUT2D eigenvalue weighted by molar-refractivity contribution is 5.82. The average molecular weight is 198 g/mol. The first-order valence-electron chi connectivity index (χ1n) is 5.49. The molecule has 1 heterocycles. The van der Waals surface area contributed by atoms with E-state index in [0.717, 1.165) is 38.6 Å². The van der Waals surface area contributed by atoms with Crippen LogP contribution in [-0.2, 0) is 4.79 Å². The highest BCUT2D eigenvalue weighted by atomic mass is 16.3. The van der Waals surface area contributed by atoms with Crippen LogP contribution in [-0.4, -0.2) is 35.7 Å². The van der Waals surface area contributed by atoms with Gasteiger partial charge in [-0.3, -0.25) is 4.79 Å². The van der Waals surface area contributed by atoms with Crippen molar-refractivity contribution in [2.24, 2.45) is 0 Å². The highest BCUT2D eigenvalue weighted by Gasteiger charge is 2.29. The minimum absolute atomic E-state index is 0.00935. The van der Waals surface area contributed by atoms with Gasteiger partial charge in [-0.2, -0.15) is 0 Å². The fourth-order valence-electron chi connectivity index (χ4n) is 2.30. The summed E-state index contributed by atoms with van der Waals surface area (Å²) in [6.07, 6.45) is 4.42. The quantitative estimate of drug-likeness (QED) is 0.574. The molecule has 0 spiro atoms. The van der Waals surface area contributed by atoms with E-state index in [1.54, 1.807) is 0 Å². The molecule has 1 aliphatic heterocycles. The van der Waals surface area contributed by atoms with Crippen LogP contribution in [0.15, 0.2) is 0 Å². The molecule has 1 saturated heterocycles. The maximum Gasteiger partial charge on any atom is 0.237 e. The van der Waals surface area contributed by atoms with Crippen LogP contribution in [0.25, 0.3) is 0 Å². The highest BCUT2D eigenvalue weighted by Crippen LogP contribution is 2.19. The van der Waals surface area contributed by atoms with Crippen LogP contribution in [0.1, 0.15) is 32.1 Å². The zero-order valence-corrected chi connectivity index (χ0v) is 8.33. The third kappa shape index (κ3) is 2.07. The number of carbonyl (C=O) groups is 1. The molecule has 0 aromatic carbocycles. The minimum atomic E-state index is -0.333. The van der Waals surface area contributed by atoms with Gasteiger partial charge in [0.25, 0.3) is 0 Å². The van der Waals surface area contributed by atoms with E-state index in [0.29, 0.717) is 0 Å². The zero-order valence-electron chi connectivity index (χ0n) is 8.33. The Hall–Kier alpha value is -0.610. The summed E-state index contributed by atoms with van der Waals surface area (Å²) in [6.45, 7) is 0.936. The number of nitrogens with one attached hydrogen (secondary N) is 2. The Morgan fingerprint density at radius 1 is 1.29 bits per heavy atom. The summed E-state index contributed by atoms with van der Waals surface area (Å²) >= 11 is 0. The fourth-order valence-corrected chi connectivity index (χ4v) is 2.30. The number of hydrogen-bond donors (Lipinski definition) is 3. The molecule has 3 N–H and O–H groups in total. The number of rotatable bonds is 2. The molecule has 80 valence electrons. The number of aliphatic hydroxyl groups excluding tert-OH is 1. The van der Waals surface area contributed by atoms with Crippen molar-refractivity contribution in [2.75, 3.05) is 6.54 Å². The molecule has 0 aromatic heterocycles. The minimum Gasteiger partial charge on any atom is -0.391 e. The van der Waals surface area contributed by atoms with Crippen molar-refractivity contribution in [1.29, 1.82) is 0 Å². The van der Waals surface area contributed by atoms with Crippen LogP contribution < -0.4 is 10.6 Å². The van der Waals surface area contributed by atoms with Gasteiger partial charge in [0, 0.05) is 0 Å². The van der Waals surface area contributed by atoms with E-state index >= 15 is 0 Å². The molecule has 3 unspecified atom stereocenters. The molecule has 2 aliphatic rings. The van der Waals surface area contributed by atoms with Crippen molar-refractivity contribution >= 4 is 5.91 Å². The van der Waals surface area contributed by atoms with E-state index in [1.165, 1.54) is 0 Å². The molecular weight excluding hydrogens is 180 g/mol. The monoisotopic (exact) mass is 198 g/mol. The number of amides is 1. The van der Waals surface area contributed by atoms with E-state index in [-0.39, 0.29) is 24.1 Å². The van der Waals surface area contributed by atoms with Crippen LogP contribution in [0.3, 0.4) is 0 Å². The number of aliphatic hydroxyl groups is 1. The summed E-state index contributed by atoms with van der Waals surface area (Å²) in [7, 11) is 0. The SMILES string of the molecule is O=C(NC1CCCC1O)C1CCCN1. The Labute approximate surface area is 84.1 Å². The molecule has 1 saturated carbocycles. The summed E-state index contributed by atoms with van der Waals surface area (Å²) in [4.78, 5) is 11.7. The average Bonchev–Trinajstić information content (AvgIpc) is 2.77. The Balaban J connectivity index is 1.81. The van der Waals surface area contributed by atoms with E-state index < -0.39 is 0 Å². The largest absolute Gasteiger partial charge is 0.391 e. The molecule has 1 aliphatic carbocycles. The maximum atomic E-state index is 11.7. The van der Waals surface area contributed by atoms with Crippen LogP contribution in [0.2, 0.25) is 0 Å². The second-order valence-electron chi connectivity index (χ2n) is 4.26. The first-order valence-corrected chi connectivity index (χ1v) is 5.49. The van der Waals surface area contributed by atoms with Gasteiger partial charge in [0.15, 0.2) is 0 Å². The third-order valence-electron chi connectivity index (χ3n) is 3.18. The second-order valence-corrected chi connectivity index (χ2v) is 4.26. The van der Waals surface area contributed by atoms with Crippen LogP contribution >= 0.6 is 0 Å². The van der Waals surface area contributed by atoms with Gasteiger partial charge in [0.05, 0.1) is 18.2 Å². The lowest BCUT2D eigenvalue weighted by molar-refractivity contribution is -0.124. The maximum absolute atomic E-state index is 11.7. The van der Waals surface area contributed by atoms with E-state index in [4.69, 9.17) is 0 Å². The number of carbonyl (C=O) groups excluding carboxylic acids is 1. The van der Waals surface area contributed by atoms with Crippen LogP contribution in [0.5, 0.6) is 0 Å². The van der Waals surface area contributed by atoms with Crippen molar-refractivity contribution in [2.45, 2.75) is 50.3 Å². The molecule has 1 amide bonds. The summed E-state index contributed by atoms with van der Waals surface area (Å²) in [5.41, 5.74) is 0.